The summed E-state index contributed by atoms with van der Waals surface area (Å²) in [7, 11) is 0. The van der Waals surface area contributed by atoms with Crippen LogP contribution in [0.5, 0.6) is 0 Å². The van der Waals surface area contributed by atoms with Crippen LogP contribution in [0.4, 0.5) is 4.79 Å². The van der Waals surface area contributed by atoms with E-state index in [0.717, 1.165) is 32.2 Å². The lowest BCUT2D eigenvalue weighted by atomic mass is 9.61. The van der Waals surface area contributed by atoms with Crippen molar-refractivity contribution >= 4 is 6.03 Å². The summed E-state index contributed by atoms with van der Waals surface area (Å²) in [4.78, 5) is 15.0. The number of piperidine rings is 1. The molecule has 5 nitrogen and oxygen atoms in total. The Morgan fingerprint density at radius 3 is 2.64 bits per heavy atom. The number of amides is 2. The molecule has 4 rings (SSSR count). The van der Waals surface area contributed by atoms with E-state index >= 15 is 0 Å². The molecule has 2 heterocycles. The molecule has 1 aromatic carbocycles. The van der Waals surface area contributed by atoms with Crippen molar-refractivity contribution in [1.29, 1.82) is 0 Å². The third kappa shape index (κ3) is 3.40. The normalized spacial score (nSPS) is 34.8. The van der Waals surface area contributed by atoms with Crippen molar-refractivity contribution in [2.24, 2.45) is 5.73 Å². The molecule has 2 unspecified atom stereocenters. The van der Waals surface area contributed by atoms with Gasteiger partial charge in [0.05, 0.1) is 0 Å². The van der Waals surface area contributed by atoms with E-state index in [4.69, 9.17) is 5.73 Å². The third-order valence-electron chi connectivity index (χ3n) is 6.54. The molecule has 1 aromatic rings. The Labute approximate surface area is 150 Å². The Morgan fingerprint density at radius 2 is 1.88 bits per heavy atom. The molecule has 1 aliphatic carbocycles. The minimum atomic E-state index is 0.000120. The first kappa shape index (κ1) is 16.9. The van der Waals surface area contributed by atoms with Gasteiger partial charge in [-0.05, 0) is 50.6 Å². The van der Waals surface area contributed by atoms with Gasteiger partial charge in [-0.3, -0.25) is 0 Å². The maximum absolute atomic E-state index is 12.4. The molecule has 0 radical (unpaired) electrons. The third-order valence-corrected chi connectivity index (χ3v) is 6.54. The van der Waals surface area contributed by atoms with Gasteiger partial charge in [0.25, 0.3) is 0 Å². The summed E-state index contributed by atoms with van der Waals surface area (Å²) >= 11 is 0. The van der Waals surface area contributed by atoms with Gasteiger partial charge in [0.15, 0.2) is 0 Å². The lowest BCUT2D eigenvalue weighted by molar-refractivity contribution is 0.155. The van der Waals surface area contributed by atoms with Crippen LogP contribution in [0.1, 0.15) is 44.1 Å². The van der Waals surface area contributed by atoms with Gasteiger partial charge >= 0.3 is 6.03 Å². The standard InChI is InChI=1S/C20H30N4O/c21-14-20(15-5-2-1-3-6-15)12-17(13-20)23-19(25)22-16-8-10-24-9-4-7-18(24)11-16/h1-3,5-6,16-18H,4,7-14,21H2,(H2,22,23,25). The van der Waals surface area contributed by atoms with Crippen molar-refractivity contribution in [2.75, 3.05) is 19.6 Å². The van der Waals surface area contributed by atoms with Gasteiger partial charge in [-0.15, -0.1) is 0 Å². The predicted molar refractivity (Wildman–Crippen MR) is 99.5 cm³/mol. The second-order valence-corrected chi connectivity index (χ2v) is 8.13. The highest BCUT2D eigenvalue weighted by Crippen LogP contribution is 2.43. The van der Waals surface area contributed by atoms with Gasteiger partial charge in [-0.1, -0.05) is 30.3 Å². The molecule has 2 aliphatic heterocycles. The molecule has 0 spiro atoms. The fourth-order valence-corrected chi connectivity index (χ4v) is 5.07. The summed E-state index contributed by atoms with van der Waals surface area (Å²) in [5, 5.41) is 6.37. The molecule has 1 saturated carbocycles. The van der Waals surface area contributed by atoms with Crippen LogP contribution in [0, 0.1) is 0 Å². The fourth-order valence-electron chi connectivity index (χ4n) is 5.07. The number of nitrogens with one attached hydrogen (secondary N) is 2. The van der Waals surface area contributed by atoms with Crippen molar-refractivity contribution in [2.45, 2.75) is 62.1 Å². The van der Waals surface area contributed by atoms with E-state index < -0.39 is 0 Å². The van der Waals surface area contributed by atoms with E-state index in [1.54, 1.807) is 0 Å². The van der Waals surface area contributed by atoms with Gasteiger partial charge in [0.2, 0.25) is 0 Å². The highest BCUT2D eigenvalue weighted by Gasteiger charge is 2.45. The average Bonchev–Trinajstić information content (AvgIpc) is 3.06. The molecular weight excluding hydrogens is 312 g/mol. The zero-order valence-electron chi connectivity index (χ0n) is 14.9. The Morgan fingerprint density at radius 1 is 1.12 bits per heavy atom. The van der Waals surface area contributed by atoms with E-state index in [9.17, 15) is 4.79 Å². The number of nitrogens with zero attached hydrogens (tertiary/aromatic N) is 1. The Kier molecular flexibility index (Phi) is 4.69. The van der Waals surface area contributed by atoms with Crippen molar-refractivity contribution < 1.29 is 4.79 Å². The molecule has 3 aliphatic rings. The molecule has 0 bridgehead atoms. The van der Waals surface area contributed by atoms with E-state index in [-0.39, 0.29) is 17.5 Å². The number of carbonyl (C=O) groups excluding carboxylic acids is 1. The molecule has 136 valence electrons. The predicted octanol–water partition coefficient (Wildman–Crippen LogP) is 1.97. The molecule has 2 atom stereocenters. The monoisotopic (exact) mass is 342 g/mol. The first-order chi connectivity index (χ1) is 12.2. The topological polar surface area (TPSA) is 70.4 Å². The number of benzene rings is 1. The number of hydrogen-bond donors (Lipinski definition) is 3. The largest absolute Gasteiger partial charge is 0.335 e. The van der Waals surface area contributed by atoms with Crippen molar-refractivity contribution in [3.63, 3.8) is 0 Å². The first-order valence-electron chi connectivity index (χ1n) is 9.75. The van der Waals surface area contributed by atoms with Crippen LogP contribution in [0.15, 0.2) is 30.3 Å². The molecule has 4 N–H and O–H groups in total. The lowest BCUT2D eigenvalue weighted by Gasteiger charge is -2.48. The van der Waals surface area contributed by atoms with E-state index in [1.807, 2.05) is 6.07 Å². The van der Waals surface area contributed by atoms with Gasteiger partial charge in [-0.25, -0.2) is 4.79 Å². The first-order valence-corrected chi connectivity index (χ1v) is 9.75. The SMILES string of the molecule is NCC1(c2ccccc2)CC(NC(=O)NC2CCN3CCCC3C2)C1. The highest BCUT2D eigenvalue weighted by atomic mass is 16.2. The summed E-state index contributed by atoms with van der Waals surface area (Å²) in [5.74, 6) is 0. The second-order valence-electron chi connectivity index (χ2n) is 8.13. The maximum Gasteiger partial charge on any atom is 0.315 e. The lowest BCUT2D eigenvalue weighted by Crippen LogP contribution is -2.59. The van der Waals surface area contributed by atoms with Crippen LogP contribution in [0.25, 0.3) is 0 Å². The van der Waals surface area contributed by atoms with Crippen LogP contribution < -0.4 is 16.4 Å². The average molecular weight is 342 g/mol. The van der Waals surface area contributed by atoms with Crippen LogP contribution in [-0.2, 0) is 5.41 Å². The zero-order chi connectivity index (χ0) is 17.3. The van der Waals surface area contributed by atoms with E-state index in [1.165, 1.54) is 24.9 Å². The number of rotatable bonds is 4. The van der Waals surface area contributed by atoms with Crippen molar-refractivity contribution in [3.05, 3.63) is 35.9 Å². The summed E-state index contributed by atoms with van der Waals surface area (Å²) in [5.41, 5.74) is 7.39. The van der Waals surface area contributed by atoms with Gasteiger partial charge in [0.1, 0.15) is 0 Å². The second kappa shape index (κ2) is 6.96. The highest BCUT2D eigenvalue weighted by molar-refractivity contribution is 5.74. The van der Waals surface area contributed by atoms with Gasteiger partial charge in [-0.2, -0.15) is 0 Å². The van der Waals surface area contributed by atoms with Crippen molar-refractivity contribution in [3.8, 4) is 0 Å². The molecule has 5 heteroatoms. The number of nitrogens with two attached hydrogens (primary N) is 1. The quantitative estimate of drug-likeness (QED) is 0.783. The van der Waals surface area contributed by atoms with Crippen molar-refractivity contribution in [1.82, 2.24) is 15.5 Å². The molecule has 25 heavy (non-hydrogen) atoms. The molecular formula is C20H30N4O. The van der Waals surface area contributed by atoms with Crippen LogP contribution in [-0.4, -0.2) is 48.7 Å². The minimum Gasteiger partial charge on any atom is -0.335 e. The van der Waals surface area contributed by atoms with Crippen LogP contribution >= 0.6 is 0 Å². The summed E-state index contributed by atoms with van der Waals surface area (Å²) < 4.78 is 0. The van der Waals surface area contributed by atoms with E-state index in [2.05, 4.69) is 39.8 Å². The van der Waals surface area contributed by atoms with E-state index in [0.29, 0.717) is 18.6 Å². The Balaban J connectivity index is 1.26. The van der Waals surface area contributed by atoms with Crippen LogP contribution in [0.2, 0.25) is 0 Å². The molecule has 2 saturated heterocycles. The summed E-state index contributed by atoms with van der Waals surface area (Å²) in [6.07, 6.45) is 6.65. The summed E-state index contributed by atoms with van der Waals surface area (Å²) in [6.45, 7) is 3.01. The Bertz CT molecular complexity index is 599. The molecule has 3 fully saturated rings. The molecule has 0 aromatic heterocycles. The number of carbonyl (C=O) groups is 1. The Hall–Kier alpha value is -1.59. The maximum atomic E-state index is 12.4. The van der Waals surface area contributed by atoms with Crippen LogP contribution in [0.3, 0.4) is 0 Å². The number of hydrogen-bond acceptors (Lipinski definition) is 3. The minimum absolute atomic E-state index is 0.000120. The fraction of sp³-hybridized carbons (Fsp3) is 0.650. The smallest absolute Gasteiger partial charge is 0.315 e. The number of urea groups is 1. The summed E-state index contributed by atoms with van der Waals surface area (Å²) in [6, 6.07) is 11.7. The number of fused-ring (bicyclic) bond motifs is 1. The molecule has 2 amide bonds. The zero-order valence-corrected chi connectivity index (χ0v) is 14.9. The van der Waals surface area contributed by atoms with Gasteiger partial charge < -0.3 is 21.3 Å². The van der Waals surface area contributed by atoms with Gasteiger partial charge in [0, 0.05) is 36.6 Å².